The number of aromatic hydroxyl groups is 1. The highest BCUT2D eigenvalue weighted by molar-refractivity contribution is 5.94. The molecule has 6 nitrogen and oxygen atoms in total. The van der Waals surface area contributed by atoms with Crippen molar-refractivity contribution in [1.29, 1.82) is 0 Å². The maximum absolute atomic E-state index is 11.8. The van der Waals surface area contributed by atoms with Crippen molar-refractivity contribution in [3.8, 4) is 5.75 Å². The van der Waals surface area contributed by atoms with E-state index in [1.54, 1.807) is 12.4 Å². The Morgan fingerprint density at radius 3 is 3.00 bits per heavy atom. The van der Waals surface area contributed by atoms with Crippen LogP contribution in [0.3, 0.4) is 0 Å². The molecule has 6 heteroatoms. The van der Waals surface area contributed by atoms with Crippen LogP contribution in [-0.2, 0) is 0 Å². The number of rotatable bonds is 3. The van der Waals surface area contributed by atoms with E-state index in [9.17, 15) is 9.90 Å². The highest BCUT2D eigenvalue weighted by Crippen LogP contribution is 2.11. The molecule has 2 heterocycles. The molecule has 0 bridgehead atoms. The summed E-state index contributed by atoms with van der Waals surface area (Å²) in [7, 11) is 0. The molecule has 17 heavy (non-hydrogen) atoms. The normalized spacial score (nSPS) is 12.1. The molecule has 0 aliphatic heterocycles. The first kappa shape index (κ1) is 11.1. The topological polar surface area (TPSA) is 90.9 Å². The van der Waals surface area contributed by atoms with Crippen LogP contribution >= 0.6 is 0 Å². The van der Waals surface area contributed by atoms with Gasteiger partial charge in [0, 0.05) is 18.6 Å². The number of carbonyl (C=O) groups excluding carboxylic acids is 1. The van der Waals surface area contributed by atoms with E-state index in [4.69, 9.17) is 0 Å². The van der Waals surface area contributed by atoms with E-state index in [1.807, 2.05) is 6.92 Å². The number of aromatic nitrogens is 3. The molecule has 0 spiro atoms. The molecule has 0 aromatic carbocycles. The highest BCUT2D eigenvalue weighted by atomic mass is 16.3. The number of nitrogens with one attached hydrogen (secondary N) is 2. The Morgan fingerprint density at radius 2 is 2.35 bits per heavy atom. The minimum atomic E-state index is -0.308. The molecule has 0 radical (unpaired) electrons. The molecule has 0 fully saturated rings. The third-order valence-electron chi connectivity index (χ3n) is 2.26. The molecule has 3 N–H and O–H groups in total. The molecule has 0 aliphatic rings. The number of amides is 1. The monoisotopic (exact) mass is 232 g/mol. The second-order valence-corrected chi connectivity index (χ2v) is 3.60. The SMILES string of the molecule is CC(NC(=O)c1cncc(O)c1)c1ncc[nH]1. The van der Waals surface area contributed by atoms with Gasteiger partial charge in [0.2, 0.25) is 0 Å². The minimum absolute atomic E-state index is 0.0386. The number of aromatic amines is 1. The third kappa shape index (κ3) is 2.60. The van der Waals surface area contributed by atoms with Crippen LogP contribution < -0.4 is 5.32 Å². The van der Waals surface area contributed by atoms with Gasteiger partial charge in [0.25, 0.3) is 5.91 Å². The predicted molar refractivity (Wildman–Crippen MR) is 60.4 cm³/mol. The van der Waals surface area contributed by atoms with Crippen molar-refractivity contribution in [1.82, 2.24) is 20.3 Å². The van der Waals surface area contributed by atoms with Crippen molar-refractivity contribution >= 4 is 5.91 Å². The van der Waals surface area contributed by atoms with Gasteiger partial charge in [-0.1, -0.05) is 0 Å². The van der Waals surface area contributed by atoms with Gasteiger partial charge in [-0.15, -0.1) is 0 Å². The molecule has 0 aliphatic carbocycles. The van der Waals surface area contributed by atoms with E-state index in [1.165, 1.54) is 18.5 Å². The van der Waals surface area contributed by atoms with Crippen molar-refractivity contribution in [2.75, 3.05) is 0 Å². The maximum atomic E-state index is 11.8. The highest BCUT2D eigenvalue weighted by Gasteiger charge is 2.13. The van der Waals surface area contributed by atoms with Crippen molar-refractivity contribution < 1.29 is 9.90 Å². The van der Waals surface area contributed by atoms with E-state index in [2.05, 4.69) is 20.3 Å². The van der Waals surface area contributed by atoms with Crippen molar-refractivity contribution in [2.24, 2.45) is 0 Å². The van der Waals surface area contributed by atoms with Crippen LogP contribution in [0.5, 0.6) is 5.75 Å². The lowest BCUT2D eigenvalue weighted by atomic mass is 10.2. The minimum Gasteiger partial charge on any atom is -0.506 e. The summed E-state index contributed by atoms with van der Waals surface area (Å²) in [5.74, 6) is 0.326. The van der Waals surface area contributed by atoms with E-state index >= 15 is 0 Å². The Labute approximate surface area is 97.7 Å². The lowest BCUT2D eigenvalue weighted by Crippen LogP contribution is -2.27. The molecule has 1 amide bonds. The van der Waals surface area contributed by atoms with E-state index < -0.39 is 0 Å². The van der Waals surface area contributed by atoms with Crippen LogP contribution in [0.25, 0.3) is 0 Å². The van der Waals surface area contributed by atoms with Gasteiger partial charge in [-0.2, -0.15) is 0 Å². The molecule has 1 unspecified atom stereocenters. The number of nitrogens with zero attached hydrogens (tertiary/aromatic N) is 2. The lowest BCUT2D eigenvalue weighted by molar-refractivity contribution is 0.0937. The lowest BCUT2D eigenvalue weighted by Gasteiger charge is -2.11. The first-order valence-electron chi connectivity index (χ1n) is 5.11. The summed E-state index contributed by atoms with van der Waals surface area (Å²) < 4.78 is 0. The average molecular weight is 232 g/mol. The number of H-pyrrole nitrogens is 1. The zero-order valence-corrected chi connectivity index (χ0v) is 9.21. The van der Waals surface area contributed by atoms with Crippen LogP contribution in [0, 0.1) is 0 Å². The smallest absolute Gasteiger partial charge is 0.253 e. The summed E-state index contributed by atoms with van der Waals surface area (Å²) in [5.41, 5.74) is 0.309. The summed E-state index contributed by atoms with van der Waals surface area (Å²) in [6.07, 6.45) is 5.97. The van der Waals surface area contributed by atoms with Gasteiger partial charge < -0.3 is 15.4 Å². The number of pyridine rings is 1. The van der Waals surface area contributed by atoms with Gasteiger partial charge in [-0.3, -0.25) is 9.78 Å². The fourth-order valence-corrected chi connectivity index (χ4v) is 1.41. The Morgan fingerprint density at radius 1 is 1.53 bits per heavy atom. The van der Waals surface area contributed by atoms with E-state index in [0.29, 0.717) is 11.4 Å². The first-order valence-corrected chi connectivity index (χ1v) is 5.11. The third-order valence-corrected chi connectivity index (χ3v) is 2.26. The summed E-state index contributed by atoms with van der Waals surface area (Å²) in [6.45, 7) is 1.81. The van der Waals surface area contributed by atoms with Gasteiger partial charge in [0.15, 0.2) is 0 Å². The van der Waals surface area contributed by atoms with Gasteiger partial charge >= 0.3 is 0 Å². The number of hydrogen-bond donors (Lipinski definition) is 3. The van der Waals surface area contributed by atoms with Crippen LogP contribution in [-0.4, -0.2) is 26.0 Å². The fraction of sp³-hybridized carbons (Fsp3) is 0.182. The summed E-state index contributed by atoms with van der Waals surface area (Å²) in [4.78, 5) is 22.5. The summed E-state index contributed by atoms with van der Waals surface area (Å²) >= 11 is 0. The Kier molecular flexibility index (Phi) is 3.04. The van der Waals surface area contributed by atoms with E-state index in [0.717, 1.165) is 0 Å². The molecule has 2 aromatic heterocycles. The van der Waals surface area contributed by atoms with Gasteiger partial charge in [0.1, 0.15) is 11.6 Å². The molecular weight excluding hydrogens is 220 g/mol. The molecule has 2 aromatic rings. The predicted octanol–water partition coefficient (Wildman–Crippen LogP) is 1.00. The van der Waals surface area contributed by atoms with Crippen molar-refractivity contribution in [2.45, 2.75) is 13.0 Å². The van der Waals surface area contributed by atoms with Crippen LogP contribution in [0.4, 0.5) is 0 Å². The Hall–Kier alpha value is -2.37. The zero-order valence-electron chi connectivity index (χ0n) is 9.21. The quantitative estimate of drug-likeness (QED) is 0.736. The number of carbonyl (C=O) groups is 1. The molecule has 88 valence electrons. The Bertz CT molecular complexity index is 510. The van der Waals surface area contributed by atoms with Crippen LogP contribution in [0.1, 0.15) is 29.1 Å². The molecule has 0 saturated carbocycles. The van der Waals surface area contributed by atoms with Crippen LogP contribution in [0.15, 0.2) is 30.9 Å². The second kappa shape index (κ2) is 4.65. The van der Waals surface area contributed by atoms with Gasteiger partial charge in [0.05, 0.1) is 17.8 Å². The van der Waals surface area contributed by atoms with Crippen molar-refractivity contribution in [3.63, 3.8) is 0 Å². The fourth-order valence-electron chi connectivity index (χ4n) is 1.41. The standard InChI is InChI=1S/C11H12N4O2/c1-7(10-13-2-3-14-10)15-11(17)8-4-9(16)6-12-5-8/h2-7,16H,1H3,(H,13,14)(H,15,17). The number of imidazole rings is 1. The van der Waals surface area contributed by atoms with Gasteiger partial charge in [-0.25, -0.2) is 4.98 Å². The summed E-state index contributed by atoms with van der Waals surface area (Å²) in [6, 6.07) is 1.12. The molecule has 0 saturated heterocycles. The largest absolute Gasteiger partial charge is 0.506 e. The Balaban J connectivity index is 2.07. The molecule has 1 atom stereocenters. The van der Waals surface area contributed by atoms with E-state index in [-0.39, 0.29) is 17.7 Å². The number of hydrogen-bond acceptors (Lipinski definition) is 4. The van der Waals surface area contributed by atoms with Crippen LogP contribution in [0.2, 0.25) is 0 Å². The second-order valence-electron chi connectivity index (χ2n) is 3.60. The molecule has 2 rings (SSSR count). The first-order chi connectivity index (χ1) is 8.16. The zero-order chi connectivity index (χ0) is 12.3. The molecular formula is C11H12N4O2. The average Bonchev–Trinajstić information content (AvgIpc) is 2.82. The van der Waals surface area contributed by atoms with Gasteiger partial charge in [-0.05, 0) is 13.0 Å². The van der Waals surface area contributed by atoms with Crippen molar-refractivity contribution in [3.05, 3.63) is 42.2 Å². The maximum Gasteiger partial charge on any atom is 0.253 e. The summed E-state index contributed by atoms with van der Waals surface area (Å²) in [5, 5.41) is 12.0.